The lowest BCUT2D eigenvalue weighted by molar-refractivity contribution is -0.384. The van der Waals surface area contributed by atoms with E-state index in [1.807, 2.05) is 50.2 Å². The van der Waals surface area contributed by atoms with Gasteiger partial charge >= 0.3 is 0 Å². The van der Waals surface area contributed by atoms with Crippen molar-refractivity contribution in [2.24, 2.45) is 0 Å². The third kappa shape index (κ3) is 3.92. The maximum Gasteiger partial charge on any atom is 0.270 e. The first kappa shape index (κ1) is 19.7. The molecule has 1 amide bonds. The van der Waals surface area contributed by atoms with Crippen molar-refractivity contribution in [1.82, 2.24) is 4.98 Å². The third-order valence-corrected chi connectivity index (χ3v) is 6.00. The molecular formula is C23H19N3O3S. The number of amides is 1. The summed E-state index contributed by atoms with van der Waals surface area (Å²) >= 11 is 1.45. The fourth-order valence-corrected chi connectivity index (χ4v) is 4.39. The van der Waals surface area contributed by atoms with Gasteiger partial charge in [-0.2, -0.15) is 0 Å². The smallest absolute Gasteiger partial charge is 0.270 e. The Kier molecular flexibility index (Phi) is 5.29. The van der Waals surface area contributed by atoms with Crippen LogP contribution in [0.25, 0.3) is 10.2 Å². The minimum absolute atomic E-state index is 0.115. The molecule has 4 rings (SSSR count). The molecule has 0 N–H and O–H groups in total. The zero-order valence-electron chi connectivity index (χ0n) is 16.5. The summed E-state index contributed by atoms with van der Waals surface area (Å²) in [5, 5.41) is 11.7. The SMILES string of the molecule is Cc1cc(C)c2sc(N(Cc3ccccc3)C(=O)c3cccc([N+](=O)[O-])c3)nc2c1. The molecule has 1 heterocycles. The summed E-state index contributed by atoms with van der Waals surface area (Å²) in [6, 6.07) is 19.5. The number of thiazole rings is 1. The Morgan fingerprint density at radius 2 is 1.83 bits per heavy atom. The number of benzene rings is 3. The van der Waals surface area contributed by atoms with Crippen molar-refractivity contribution in [3.63, 3.8) is 0 Å². The lowest BCUT2D eigenvalue weighted by Crippen LogP contribution is -2.30. The molecule has 7 heteroatoms. The molecule has 1 aromatic heterocycles. The molecule has 0 saturated carbocycles. The molecule has 0 atom stereocenters. The highest BCUT2D eigenvalue weighted by molar-refractivity contribution is 7.22. The van der Waals surface area contributed by atoms with Gasteiger partial charge in [0.25, 0.3) is 11.6 Å². The minimum Gasteiger partial charge on any atom is -0.279 e. The Balaban J connectivity index is 1.80. The molecule has 4 aromatic rings. The summed E-state index contributed by atoms with van der Waals surface area (Å²) in [6.45, 7) is 4.36. The number of carbonyl (C=O) groups is 1. The highest BCUT2D eigenvalue weighted by Crippen LogP contribution is 2.33. The predicted molar refractivity (Wildman–Crippen MR) is 119 cm³/mol. The molecule has 0 spiro atoms. The fraction of sp³-hybridized carbons (Fsp3) is 0.130. The first-order valence-corrected chi connectivity index (χ1v) is 10.2. The van der Waals surface area contributed by atoms with Gasteiger partial charge in [-0.3, -0.25) is 19.8 Å². The van der Waals surface area contributed by atoms with Crippen LogP contribution in [0, 0.1) is 24.0 Å². The number of carbonyl (C=O) groups excluding carboxylic acids is 1. The number of nitro groups is 1. The van der Waals surface area contributed by atoms with Gasteiger partial charge in [0, 0.05) is 17.7 Å². The molecule has 3 aromatic carbocycles. The maximum atomic E-state index is 13.4. The standard InChI is InChI=1S/C23H19N3O3S/c1-15-11-16(2)21-20(12-15)24-23(30-21)25(14-17-7-4-3-5-8-17)22(27)18-9-6-10-19(13-18)26(28)29/h3-13H,14H2,1-2H3. The number of nitro benzene ring substituents is 1. The molecule has 0 fully saturated rings. The number of non-ortho nitro benzene ring substituents is 1. The van der Waals surface area contributed by atoms with Crippen LogP contribution >= 0.6 is 11.3 Å². The van der Waals surface area contributed by atoms with Gasteiger partial charge in [-0.25, -0.2) is 4.98 Å². The van der Waals surface area contributed by atoms with Crippen LogP contribution in [0.5, 0.6) is 0 Å². The molecule has 0 aliphatic rings. The van der Waals surface area contributed by atoms with Gasteiger partial charge < -0.3 is 0 Å². The quantitative estimate of drug-likeness (QED) is 0.310. The van der Waals surface area contributed by atoms with E-state index in [0.717, 1.165) is 26.9 Å². The van der Waals surface area contributed by atoms with Crippen molar-refractivity contribution >= 4 is 38.3 Å². The monoisotopic (exact) mass is 417 g/mol. The highest BCUT2D eigenvalue weighted by atomic mass is 32.1. The Morgan fingerprint density at radius 1 is 1.07 bits per heavy atom. The van der Waals surface area contributed by atoms with E-state index in [-0.39, 0.29) is 17.2 Å². The second kappa shape index (κ2) is 8.04. The minimum atomic E-state index is -0.498. The van der Waals surface area contributed by atoms with Crippen LogP contribution < -0.4 is 4.90 Å². The third-order valence-electron chi connectivity index (χ3n) is 4.77. The van der Waals surface area contributed by atoms with Crippen LogP contribution in [0.3, 0.4) is 0 Å². The first-order chi connectivity index (χ1) is 14.4. The van der Waals surface area contributed by atoms with E-state index in [1.54, 1.807) is 11.0 Å². The van der Waals surface area contributed by atoms with Gasteiger partial charge in [0.15, 0.2) is 5.13 Å². The molecule has 0 unspecified atom stereocenters. The highest BCUT2D eigenvalue weighted by Gasteiger charge is 2.23. The molecule has 0 saturated heterocycles. The number of aromatic nitrogens is 1. The summed E-state index contributed by atoms with van der Waals surface area (Å²) < 4.78 is 1.03. The molecular weight excluding hydrogens is 398 g/mol. The Hall–Kier alpha value is -3.58. The number of hydrogen-bond acceptors (Lipinski definition) is 5. The van der Waals surface area contributed by atoms with E-state index in [1.165, 1.54) is 29.5 Å². The molecule has 0 bridgehead atoms. The van der Waals surface area contributed by atoms with Crippen molar-refractivity contribution in [2.75, 3.05) is 4.90 Å². The van der Waals surface area contributed by atoms with Crippen molar-refractivity contribution in [3.05, 3.63) is 99.1 Å². The van der Waals surface area contributed by atoms with E-state index in [9.17, 15) is 14.9 Å². The van der Waals surface area contributed by atoms with Gasteiger partial charge in [-0.05, 0) is 42.7 Å². The number of anilines is 1. The van der Waals surface area contributed by atoms with E-state index < -0.39 is 4.92 Å². The van der Waals surface area contributed by atoms with Crippen LogP contribution in [-0.2, 0) is 6.54 Å². The van der Waals surface area contributed by atoms with Crippen LogP contribution in [-0.4, -0.2) is 15.8 Å². The summed E-state index contributed by atoms with van der Waals surface area (Å²) in [5.74, 6) is -0.323. The van der Waals surface area contributed by atoms with Crippen molar-refractivity contribution < 1.29 is 9.72 Å². The lowest BCUT2D eigenvalue weighted by atomic mass is 10.1. The summed E-state index contributed by atoms with van der Waals surface area (Å²) in [5.41, 5.74) is 4.15. The van der Waals surface area contributed by atoms with Crippen molar-refractivity contribution in [1.29, 1.82) is 0 Å². The van der Waals surface area contributed by atoms with E-state index >= 15 is 0 Å². The molecule has 150 valence electrons. The first-order valence-electron chi connectivity index (χ1n) is 9.40. The number of fused-ring (bicyclic) bond motifs is 1. The van der Waals surface area contributed by atoms with Gasteiger partial charge in [-0.1, -0.05) is 53.8 Å². The van der Waals surface area contributed by atoms with Gasteiger partial charge in [0.1, 0.15) is 0 Å². The molecule has 6 nitrogen and oxygen atoms in total. The second-order valence-electron chi connectivity index (χ2n) is 7.11. The maximum absolute atomic E-state index is 13.4. The topological polar surface area (TPSA) is 76.3 Å². The van der Waals surface area contributed by atoms with E-state index in [4.69, 9.17) is 4.98 Å². The number of rotatable bonds is 5. The van der Waals surface area contributed by atoms with Gasteiger partial charge in [0.2, 0.25) is 0 Å². The van der Waals surface area contributed by atoms with Crippen LogP contribution in [0.4, 0.5) is 10.8 Å². The zero-order chi connectivity index (χ0) is 21.3. The van der Waals surface area contributed by atoms with Crippen molar-refractivity contribution in [3.8, 4) is 0 Å². The van der Waals surface area contributed by atoms with Crippen LogP contribution in [0.2, 0.25) is 0 Å². The van der Waals surface area contributed by atoms with Crippen LogP contribution in [0.1, 0.15) is 27.0 Å². The lowest BCUT2D eigenvalue weighted by Gasteiger charge is -2.20. The van der Waals surface area contributed by atoms with Crippen molar-refractivity contribution in [2.45, 2.75) is 20.4 Å². The Labute approximate surface area is 177 Å². The molecule has 0 aliphatic heterocycles. The van der Waals surface area contributed by atoms with Gasteiger partial charge in [0.05, 0.1) is 21.7 Å². The predicted octanol–water partition coefficient (Wildman–Crippen LogP) is 5.67. The average molecular weight is 417 g/mol. The van der Waals surface area contributed by atoms with E-state index in [2.05, 4.69) is 6.07 Å². The summed E-state index contributed by atoms with van der Waals surface area (Å²) in [4.78, 5) is 30.4. The van der Waals surface area contributed by atoms with Gasteiger partial charge in [-0.15, -0.1) is 0 Å². The zero-order valence-corrected chi connectivity index (χ0v) is 17.3. The second-order valence-corrected chi connectivity index (χ2v) is 8.09. The van der Waals surface area contributed by atoms with E-state index in [0.29, 0.717) is 11.7 Å². The molecule has 30 heavy (non-hydrogen) atoms. The largest absolute Gasteiger partial charge is 0.279 e. The fourth-order valence-electron chi connectivity index (χ4n) is 3.38. The summed E-state index contributed by atoms with van der Waals surface area (Å²) in [6.07, 6.45) is 0. The Bertz CT molecular complexity index is 1250. The van der Waals surface area contributed by atoms with Crippen LogP contribution in [0.15, 0.2) is 66.7 Å². The average Bonchev–Trinajstić information content (AvgIpc) is 3.16. The summed E-state index contributed by atoms with van der Waals surface area (Å²) in [7, 11) is 0. The Morgan fingerprint density at radius 3 is 2.57 bits per heavy atom. The molecule has 0 radical (unpaired) electrons. The molecule has 0 aliphatic carbocycles. The number of nitrogens with zero attached hydrogens (tertiary/aromatic N) is 3. The number of aryl methyl sites for hydroxylation is 2. The number of hydrogen-bond donors (Lipinski definition) is 0. The normalized spacial score (nSPS) is 10.9.